The molecule has 1 rings (SSSR count). The molecule has 0 aliphatic heterocycles. The first-order valence-corrected chi connectivity index (χ1v) is 6.02. The van der Waals surface area contributed by atoms with Crippen LogP contribution in [0.1, 0.15) is 25.5 Å². The maximum absolute atomic E-state index is 11.2. The Balaban J connectivity index is 2.78. The number of aromatic nitrogens is 2. The SMILES string of the molecule is CC(C)c1cc(NS(=O)(=O)CC#N)n[nH]1. The lowest BCUT2D eigenvalue weighted by atomic mass is 10.1. The van der Waals surface area contributed by atoms with Crippen molar-refractivity contribution in [1.29, 1.82) is 5.26 Å². The van der Waals surface area contributed by atoms with Crippen LogP contribution in [0.5, 0.6) is 0 Å². The number of nitriles is 1. The zero-order valence-corrected chi connectivity index (χ0v) is 9.30. The summed E-state index contributed by atoms with van der Waals surface area (Å²) in [5, 5.41) is 14.8. The topological polar surface area (TPSA) is 98.6 Å². The van der Waals surface area contributed by atoms with E-state index in [1.165, 1.54) is 0 Å². The van der Waals surface area contributed by atoms with Gasteiger partial charge < -0.3 is 0 Å². The molecular formula is C8H12N4O2S. The molecule has 0 amide bonds. The summed E-state index contributed by atoms with van der Waals surface area (Å²) < 4.78 is 24.6. The van der Waals surface area contributed by atoms with Gasteiger partial charge in [-0.05, 0) is 5.92 Å². The van der Waals surface area contributed by atoms with Crippen molar-refractivity contribution in [3.8, 4) is 6.07 Å². The molecule has 0 atom stereocenters. The minimum Gasteiger partial charge on any atom is -0.280 e. The highest BCUT2D eigenvalue weighted by atomic mass is 32.2. The molecular weight excluding hydrogens is 216 g/mol. The van der Waals surface area contributed by atoms with Crippen molar-refractivity contribution in [1.82, 2.24) is 10.2 Å². The van der Waals surface area contributed by atoms with Gasteiger partial charge in [-0.3, -0.25) is 9.82 Å². The van der Waals surface area contributed by atoms with Gasteiger partial charge in [0, 0.05) is 11.8 Å². The van der Waals surface area contributed by atoms with Gasteiger partial charge in [0.05, 0.1) is 6.07 Å². The number of anilines is 1. The van der Waals surface area contributed by atoms with Crippen LogP contribution in [0.25, 0.3) is 0 Å². The molecule has 1 aromatic heterocycles. The first kappa shape index (κ1) is 11.5. The Kier molecular flexibility index (Phi) is 3.31. The fourth-order valence-corrected chi connectivity index (χ4v) is 1.63. The molecule has 1 aromatic rings. The summed E-state index contributed by atoms with van der Waals surface area (Å²) in [6, 6.07) is 3.18. The Hall–Kier alpha value is -1.55. The monoisotopic (exact) mass is 228 g/mol. The predicted molar refractivity (Wildman–Crippen MR) is 55.7 cm³/mol. The van der Waals surface area contributed by atoms with Crippen molar-refractivity contribution in [2.45, 2.75) is 19.8 Å². The molecule has 2 N–H and O–H groups in total. The van der Waals surface area contributed by atoms with E-state index in [9.17, 15) is 8.42 Å². The Morgan fingerprint density at radius 2 is 2.33 bits per heavy atom. The maximum atomic E-state index is 11.2. The van der Waals surface area contributed by atoms with E-state index in [0.717, 1.165) is 5.69 Å². The van der Waals surface area contributed by atoms with Crippen LogP contribution < -0.4 is 4.72 Å². The third kappa shape index (κ3) is 3.25. The summed E-state index contributed by atoms with van der Waals surface area (Å²) >= 11 is 0. The van der Waals surface area contributed by atoms with E-state index in [0.29, 0.717) is 0 Å². The van der Waals surface area contributed by atoms with Crippen molar-refractivity contribution in [3.63, 3.8) is 0 Å². The molecule has 7 heteroatoms. The van der Waals surface area contributed by atoms with E-state index in [1.807, 2.05) is 13.8 Å². The van der Waals surface area contributed by atoms with Crippen molar-refractivity contribution >= 4 is 15.8 Å². The molecule has 0 unspecified atom stereocenters. The fourth-order valence-electron chi connectivity index (χ4n) is 0.965. The van der Waals surface area contributed by atoms with Gasteiger partial charge in [-0.15, -0.1) is 0 Å². The minimum absolute atomic E-state index is 0.217. The number of nitrogens with one attached hydrogen (secondary N) is 2. The lowest BCUT2D eigenvalue weighted by Crippen LogP contribution is -2.15. The standard InChI is InChI=1S/C8H12N4O2S/c1-6(2)7-5-8(11-10-7)12-15(13,14)4-3-9/h5-6H,4H2,1-2H3,(H2,10,11,12). The predicted octanol–water partition coefficient (Wildman–Crippen LogP) is 0.798. The van der Waals surface area contributed by atoms with Crippen molar-refractivity contribution < 1.29 is 8.42 Å². The second-order valence-corrected chi connectivity index (χ2v) is 5.10. The van der Waals surface area contributed by atoms with E-state index >= 15 is 0 Å². The van der Waals surface area contributed by atoms with Crippen LogP contribution in [0, 0.1) is 11.3 Å². The van der Waals surface area contributed by atoms with Gasteiger partial charge in [0.2, 0.25) is 10.0 Å². The number of hydrogen-bond acceptors (Lipinski definition) is 4. The maximum Gasteiger partial charge on any atom is 0.247 e. The minimum atomic E-state index is -3.59. The number of H-pyrrole nitrogens is 1. The van der Waals surface area contributed by atoms with Gasteiger partial charge in [-0.25, -0.2) is 8.42 Å². The number of nitrogens with zero attached hydrogens (tertiary/aromatic N) is 2. The molecule has 1 heterocycles. The number of aromatic amines is 1. The molecule has 0 bridgehead atoms. The van der Waals surface area contributed by atoms with Gasteiger partial charge >= 0.3 is 0 Å². The molecule has 82 valence electrons. The Morgan fingerprint density at radius 3 is 2.80 bits per heavy atom. The molecule has 15 heavy (non-hydrogen) atoms. The second kappa shape index (κ2) is 4.31. The quantitative estimate of drug-likeness (QED) is 0.796. The van der Waals surface area contributed by atoms with Gasteiger partial charge in [0.15, 0.2) is 11.6 Å². The van der Waals surface area contributed by atoms with E-state index in [-0.39, 0.29) is 11.7 Å². The van der Waals surface area contributed by atoms with Crippen LogP contribution in [0.3, 0.4) is 0 Å². The Labute approximate surface area is 88.4 Å². The molecule has 0 aliphatic rings. The second-order valence-electron chi connectivity index (χ2n) is 3.38. The van der Waals surface area contributed by atoms with Crippen molar-refractivity contribution in [2.75, 3.05) is 10.5 Å². The summed E-state index contributed by atoms with van der Waals surface area (Å²) in [7, 11) is -3.59. The van der Waals surface area contributed by atoms with Crippen LogP contribution in [-0.2, 0) is 10.0 Å². The molecule has 0 aromatic carbocycles. The van der Waals surface area contributed by atoms with Gasteiger partial charge in [0.1, 0.15) is 0 Å². The zero-order chi connectivity index (χ0) is 11.5. The van der Waals surface area contributed by atoms with Gasteiger partial charge in [-0.1, -0.05) is 13.8 Å². The molecule has 0 fully saturated rings. The number of hydrogen-bond donors (Lipinski definition) is 2. The lowest BCUT2D eigenvalue weighted by Gasteiger charge is -1.99. The van der Waals surface area contributed by atoms with Crippen LogP contribution >= 0.6 is 0 Å². The summed E-state index contributed by atoms with van der Waals surface area (Å²) in [6.45, 7) is 3.92. The van der Waals surface area contributed by atoms with Crippen LogP contribution in [0.2, 0.25) is 0 Å². The Bertz CT molecular complexity index is 469. The van der Waals surface area contributed by atoms with E-state index in [4.69, 9.17) is 5.26 Å². The average molecular weight is 228 g/mol. The van der Waals surface area contributed by atoms with Crippen molar-refractivity contribution in [2.24, 2.45) is 0 Å². The normalized spacial score (nSPS) is 11.3. The highest BCUT2D eigenvalue weighted by molar-refractivity contribution is 7.92. The van der Waals surface area contributed by atoms with E-state index in [1.54, 1.807) is 12.1 Å². The summed E-state index contributed by atoms with van der Waals surface area (Å²) in [4.78, 5) is 0. The first-order chi connectivity index (χ1) is 6.94. The van der Waals surface area contributed by atoms with Gasteiger partial charge in [-0.2, -0.15) is 10.4 Å². The fraction of sp³-hybridized carbons (Fsp3) is 0.500. The summed E-state index contributed by atoms with van der Waals surface area (Å²) in [5.74, 6) is -0.114. The molecule has 0 aliphatic carbocycles. The highest BCUT2D eigenvalue weighted by Gasteiger charge is 2.12. The number of sulfonamides is 1. The van der Waals surface area contributed by atoms with Crippen LogP contribution in [0.4, 0.5) is 5.82 Å². The average Bonchev–Trinajstić information content (AvgIpc) is 2.51. The van der Waals surface area contributed by atoms with Crippen molar-refractivity contribution in [3.05, 3.63) is 11.8 Å². The number of rotatable bonds is 4. The lowest BCUT2D eigenvalue weighted by molar-refractivity contribution is 0.604. The van der Waals surface area contributed by atoms with Gasteiger partial charge in [0.25, 0.3) is 0 Å². The largest absolute Gasteiger partial charge is 0.280 e. The summed E-state index contributed by atoms with van der Waals surface area (Å²) in [5.41, 5.74) is 0.838. The molecule has 0 radical (unpaired) electrons. The third-order valence-corrected chi connectivity index (χ3v) is 2.76. The zero-order valence-electron chi connectivity index (χ0n) is 8.48. The van der Waals surface area contributed by atoms with E-state index in [2.05, 4.69) is 14.9 Å². The Morgan fingerprint density at radius 1 is 1.67 bits per heavy atom. The first-order valence-electron chi connectivity index (χ1n) is 4.37. The highest BCUT2D eigenvalue weighted by Crippen LogP contribution is 2.15. The third-order valence-electron chi connectivity index (χ3n) is 1.73. The molecule has 0 spiro atoms. The van der Waals surface area contributed by atoms with Crippen LogP contribution in [0.15, 0.2) is 6.07 Å². The van der Waals surface area contributed by atoms with Crippen LogP contribution in [-0.4, -0.2) is 24.4 Å². The smallest absolute Gasteiger partial charge is 0.247 e. The van der Waals surface area contributed by atoms with E-state index < -0.39 is 15.8 Å². The molecule has 0 saturated carbocycles. The molecule has 0 saturated heterocycles. The molecule has 6 nitrogen and oxygen atoms in total. The summed E-state index contributed by atoms with van der Waals surface area (Å²) in [6.07, 6.45) is 0.